The van der Waals surface area contributed by atoms with Gasteiger partial charge in [-0.2, -0.15) is 0 Å². The summed E-state index contributed by atoms with van der Waals surface area (Å²) in [6, 6.07) is 21.0. The first kappa shape index (κ1) is 14.9. The predicted octanol–water partition coefficient (Wildman–Crippen LogP) is 4.12. The number of rotatable bonds is 6. The Kier molecular flexibility index (Phi) is 4.91. The van der Waals surface area contributed by atoms with Crippen LogP contribution in [0.5, 0.6) is 0 Å². The third-order valence-electron chi connectivity index (χ3n) is 3.58. The lowest BCUT2D eigenvalue weighted by molar-refractivity contribution is 0.617. The van der Waals surface area contributed by atoms with E-state index in [0.717, 1.165) is 29.7 Å². The van der Waals surface area contributed by atoms with Gasteiger partial charge < -0.3 is 4.57 Å². The lowest BCUT2D eigenvalue weighted by Gasteiger charge is -2.08. The Labute approximate surface area is 135 Å². The van der Waals surface area contributed by atoms with Gasteiger partial charge >= 0.3 is 0 Å². The second kappa shape index (κ2) is 7.27. The lowest BCUT2D eigenvalue weighted by atomic mass is 10.1. The van der Waals surface area contributed by atoms with Gasteiger partial charge in [-0.25, -0.2) is 0 Å². The minimum atomic E-state index is 0.917. The van der Waals surface area contributed by atoms with E-state index in [1.807, 2.05) is 13.0 Å². The summed E-state index contributed by atoms with van der Waals surface area (Å²) in [4.78, 5) is 0. The van der Waals surface area contributed by atoms with Gasteiger partial charge in [0, 0.05) is 12.3 Å². The molecule has 2 aromatic carbocycles. The van der Waals surface area contributed by atoms with Crippen molar-refractivity contribution in [3.63, 3.8) is 0 Å². The van der Waals surface area contributed by atoms with Crippen LogP contribution in [0.1, 0.15) is 17.0 Å². The van der Waals surface area contributed by atoms with Gasteiger partial charge in [-0.1, -0.05) is 72.4 Å². The molecule has 0 saturated carbocycles. The van der Waals surface area contributed by atoms with Crippen molar-refractivity contribution in [2.24, 2.45) is 0 Å². The first-order valence-corrected chi connectivity index (χ1v) is 8.42. The monoisotopic (exact) mass is 309 g/mol. The van der Waals surface area contributed by atoms with Gasteiger partial charge in [0.25, 0.3) is 0 Å². The van der Waals surface area contributed by atoms with E-state index in [0.29, 0.717) is 0 Å². The first-order valence-electron chi connectivity index (χ1n) is 7.43. The van der Waals surface area contributed by atoms with Crippen molar-refractivity contribution in [3.8, 4) is 0 Å². The van der Waals surface area contributed by atoms with Crippen LogP contribution in [0, 0.1) is 6.92 Å². The normalized spacial score (nSPS) is 10.8. The number of nitrogens with zero attached hydrogens (tertiary/aromatic N) is 3. The average Bonchev–Trinajstić information content (AvgIpc) is 2.93. The Morgan fingerprint density at radius 1 is 0.864 bits per heavy atom. The van der Waals surface area contributed by atoms with E-state index in [-0.39, 0.29) is 0 Å². The molecule has 1 heterocycles. The molecule has 0 N–H and O–H groups in total. The van der Waals surface area contributed by atoms with Gasteiger partial charge in [0.1, 0.15) is 5.82 Å². The fraction of sp³-hybridized carbons (Fsp3) is 0.222. The highest BCUT2D eigenvalue weighted by atomic mass is 32.2. The lowest BCUT2D eigenvalue weighted by Crippen LogP contribution is -2.05. The van der Waals surface area contributed by atoms with Crippen LogP contribution in [0.15, 0.2) is 65.8 Å². The first-order chi connectivity index (χ1) is 10.8. The SMILES string of the molecule is Cc1nnc(SCc2ccccc2)n1CCc1ccccc1. The maximum atomic E-state index is 4.32. The molecule has 4 heteroatoms. The highest BCUT2D eigenvalue weighted by Gasteiger charge is 2.09. The van der Waals surface area contributed by atoms with Crippen molar-refractivity contribution in [1.82, 2.24) is 14.8 Å². The molecule has 0 unspecified atom stereocenters. The molecule has 1 aromatic heterocycles. The number of benzene rings is 2. The van der Waals surface area contributed by atoms with E-state index >= 15 is 0 Å². The standard InChI is InChI=1S/C18H19N3S/c1-15-19-20-18(22-14-17-10-6-3-7-11-17)21(15)13-12-16-8-4-2-5-9-16/h2-11H,12-14H2,1H3. The van der Waals surface area contributed by atoms with E-state index in [1.165, 1.54) is 11.1 Å². The van der Waals surface area contributed by atoms with Crippen LogP contribution < -0.4 is 0 Å². The smallest absolute Gasteiger partial charge is 0.191 e. The van der Waals surface area contributed by atoms with Crippen LogP contribution in [-0.4, -0.2) is 14.8 Å². The molecule has 0 radical (unpaired) electrons. The molecule has 3 nitrogen and oxygen atoms in total. The molecule has 112 valence electrons. The van der Waals surface area contributed by atoms with Crippen LogP contribution in [0.2, 0.25) is 0 Å². The van der Waals surface area contributed by atoms with Crippen LogP contribution in [0.4, 0.5) is 0 Å². The topological polar surface area (TPSA) is 30.7 Å². The molecule has 0 spiro atoms. The minimum Gasteiger partial charge on any atom is -0.306 e. The number of aryl methyl sites for hydroxylation is 2. The van der Waals surface area contributed by atoms with Crippen molar-refractivity contribution in [1.29, 1.82) is 0 Å². The Hall–Kier alpha value is -2.07. The Balaban J connectivity index is 1.65. The van der Waals surface area contributed by atoms with Gasteiger partial charge in [0.05, 0.1) is 0 Å². The van der Waals surface area contributed by atoms with E-state index in [4.69, 9.17) is 0 Å². The molecule has 0 aliphatic heterocycles. The van der Waals surface area contributed by atoms with Crippen molar-refractivity contribution >= 4 is 11.8 Å². The highest BCUT2D eigenvalue weighted by molar-refractivity contribution is 7.98. The van der Waals surface area contributed by atoms with E-state index in [1.54, 1.807) is 11.8 Å². The number of hydrogen-bond acceptors (Lipinski definition) is 3. The fourth-order valence-electron chi connectivity index (χ4n) is 2.33. The zero-order valence-corrected chi connectivity index (χ0v) is 13.5. The van der Waals surface area contributed by atoms with Crippen LogP contribution >= 0.6 is 11.8 Å². The maximum absolute atomic E-state index is 4.32. The summed E-state index contributed by atoms with van der Waals surface area (Å²) in [6.45, 7) is 2.94. The quantitative estimate of drug-likeness (QED) is 0.642. The van der Waals surface area contributed by atoms with Gasteiger partial charge in [-0.15, -0.1) is 10.2 Å². The second-order valence-corrected chi connectivity index (χ2v) is 6.13. The average molecular weight is 309 g/mol. The van der Waals surface area contributed by atoms with Gasteiger partial charge in [-0.05, 0) is 24.5 Å². The molecule has 0 atom stereocenters. The third kappa shape index (κ3) is 3.77. The summed E-state index contributed by atoms with van der Waals surface area (Å²) in [6.07, 6.45) is 0.999. The molecule has 0 fully saturated rings. The van der Waals surface area contributed by atoms with Crippen molar-refractivity contribution < 1.29 is 0 Å². The zero-order chi connectivity index (χ0) is 15.2. The number of thioether (sulfide) groups is 1. The minimum absolute atomic E-state index is 0.917. The van der Waals surface area contributed by atoms with Crippen LogP contribution in [-0.2, 0) is 18.7 Å². The highest BCUT2D eigenvalue weighted by Crippen LogP contribution is 2.22. The molecule has 3 rings (SSSR count). The predicted molar refractivity (Wildman–Crippen MR) is 90.9 cm³/mol. The Morgan fingerprint density at radius 2 is 1.50 bits per heavy atom. The largest absolute Gasteiger partial charge is 0.306 e. The number of hydrogen-bond donors (Lipinski definition) is 0. The fourth-order valence-corrected chi connectivity index (χ4v) is 3.30. The van der Waals surface area contributed by atoms with Crippen molar-refractivity contribution in [3.05, 3.63) is 77.6 Å². The summed E-state index contributed by atoms with van der Waals surface area (Å²) >= 11 is 1.75. The summed E-state index contributed by atoms with van der Waals surface area (Å²) in [5, 5.41) is 9.55. The molecule has 0 aliphatic rings. The summed E-state index contributed by atoms with van der Waals surface area (Å²) in [5.74, 6) is 1.90. The Morgan fingerprint density at radius 3 is 2.18 bits per heavy atom. The van der Waals surface area contributed by atoms with Crippen molar-refractivity contribution in [2.75, 3.05) is 0 Å². The van der Waals surface area contributed by atoms with Crippen LogP contribution in [0.25, 0.3) is 0 Å². The summed E-state index contributed by atoms with van der Waals surface area (Å²) in [5.41, 5.74) is 2.65. The van der Waals surface area contributed by atoms with Crippen molar-refractivity contribution in [2.45, 2.75) is 30.8 Å². The van der Waals surface area contributed by atoms with Gasteiger partial charge in [0.2, 0.25) is 0 Å². The molecule has 3 aromatic rings. The van der Waals surface area contributed by atoms with Gasteiger partial charge in [0.15, 0.2) is 5.16 Å². The van der Waals surface area contributed by atoms with E-state index in [2.05, 4.69) is 69.4 Å². The maximum Gasteiger partial charge on any atom is 0.191 e. The summed E-state index contributed by atoms with van der Waals surface area (Å²) < 4.78 is 2.21. The van der Waals surface area contributed by atoms with Gasteiger partial charge in [-0.3, -0.25) is 0 Å². The molecule has 0 bridgehead atoms. The molecule has 22 heavy (non-hydrogen) atoms. The number of aromatic nitrogens is 3. The van der Waals surface area contributed by atoms with Crippen LogP contribution in [0.3, 0.4) is 0 Å². The van der Waals surface area contributed by atoms with E-state index in [9.17, 15) is 0 Å². The van der Waals surface area contributed by atoms with E-state index < -0.39 is 0 Å². The molecular formula is C18H19N3S. The zero-order valence-electron chi connectivity index (χ0n) is 12.6. The molecule has 0 saturated heterocycles. The summed E-state index contributed by atoms with van der Waals surface area (Å²) in [7, 11) is 0. The second-order valence-electron chi connectivity index (χ2n) is 5.19. The molecule has 0 aliphatic carbocycles. The third-order valence-corrected chi connectivity index (χ3v) is 4.62. The molecular weight excluding hydrogens is 290 g/mol. The Bertz CT molecular complexity index is 708. The molecule has 0 amide bonds.